The number of carboxylic acids is 1. The molecule has 0 aliphatic rings. The van der Waals surface area contributed by atoms with Crippen molar-refractivity contribution < 1.29 is 19.1 Å². The number of hydrogen-bond donors (Lipinski definition) is 2. The molecule has 0 saturated carbocycles. The molecule has 0 saturated heterocycles. The maximum atomic E-state index is 13.6. The Bertz CT molecular complexity index is 664. The van der Waals surface area contributed by atoms with Crippen molar-refractivity contribution in [2.45, 2.75) is 13.5 Å². The van der Waals surface area contributed by atoms with Crippen molar-refractivity contribution in [3.05, 3.63) is 53.6 Å². The number of carbonyl (C=O) groups is 2. The molecule has 2 N–H and O–H groups in total. The number of anilines is 1. The third kappa shape index (κ3) is 2.69. The minimum atomic E-state index is -1.18. The van der Waals surface area contributed by atoms with E-state index in [1.807, 2.05) is 6.92 Å². The molecule has 2 rings (SSSR count). The molecule has 5 nitrogen and oxygen atoms in total. The standard InChI is InChI=1S/C14H13FN2O3/c1-2-17-7-3-4-12(17)13(18)16-11-8-9(14(19)20)5-6-10(11)15/h3-8H,2H2,1H3,(H,16,18)(H,19,20). The molecule has 1 amide bonds. The number of hydrogen-bond acceptors (Lipinski definition) is 2. The van der Waals surface area contributed by atoms with Crippen molar-refractivity contribution in [2.75, 3.05) is 5.32 Å². The zero-order valence-corrected chi connectivity index (χ0v) is 10.8. The number of aromatic nitrogens is 1. The zero-order valence-electron chi connectivity index (χ0n) is 10.8. The lowest BCUT2D eigenvalue weighted by Crippen LogP contribution is -2.17. The molecule has 0 unspecified atom stereocenters. The predicted octanol–water partition coefficient (Wildman–Crippen LogP) is 2.60. The summed E-state index contributed by atoms with van der Waals surface area (Å²) in [5.74, 6) is -2.35. The van der Waals surface area contributed by atoms with E-state index >= 15 is 0 Å². The summed E-state index contributed by atoms with van der Waals surface area (Å²) < 4.78 is 15.3. The summed E-state index contributed by atoms with van der Waals surface area (Å²) in [7, 11) is 0. The Labute approximate surface area is 114 Å². The van der Waals surface area contributed by atoms with E-state index in [0.717, 1.165) is 18.2 Å². The molecular weight excluding hydrogens is 263 g/mol. The summed E-state index contributed by atoms with van der Waals surface area (Å²) >= 11 is 0. The number of nitrogens with one attached hydrogen (secondary N) is 1. The second-order valence-corrected chi connectivity index (χ2v) is 4.13. The fraction of sp³-hybridized carbons (Fsp3) is 0.143. The minimum Gasteiger partial charge on any atom is -0.478 e. The third-order valence-corrected chi connectivity index (χ3v) is 2.86. The van der Waals surface area contributed by atoms with Crippen LogP contribution in [0.15, 0.2) is 36.5 Å². The molecule has 0 atom stereocenters. The molecule has 0 spiro atoms. The van der Waals surface area contributed by atoms with Crippen LogP contribution in [0.3, 0.4) is 0 Å². The third-order valence-electron chi connectivity index (χ3n) is 2.86. The molecule has 20 heavy (non-hydrogen) atoms. The van der Waals surface area contributed by atoms with Gasteiger partial charge >= 0.3 is 5.97 Å². The Kier molecular flexibility index (Phi) is 3.84. The largest absolute Gasteiger partial charge is 0.478 e. The van der Waals surface area contributed by atoms with Gasteiger partial charge in [-0.1, -0.05) is 0 Å². The fourth-order valence-corrected chi connectivity index (χ4v) is 1.84. The quantitative estimate of drug-likeness (QED) is 0.901. The number of carbonyl (C=O) groups excluding carboxylic acids is 1. The van der Waals surface area contributed by atoms with Gasteiger partial charge < -0.3 is 15.0 Å². The highest BCUT2D eigenvalue weighted by Crippen LogP contribution is 2.17. The van der Waals surface area contributed by atoms with E-state index in [9.17, 15) is 14.0 Å². The number of carboxylic acid groups (broad SMARTS) is 1. The van der Waals surface area contributed by atoms with Crippen LogP contribution in [0.25, 0.3) is 0 Å². The van der Waals surface area contributed by atoms with E-state index in [0.29, 0.717) is 12.2 Å². The normalized spacial score (nSPS) is 10.3. The lowest BCUT2D eigenvalue weighted by molar-refractivity contribution is 0.0696. The Hall–Kier alpha value is -2.63. The van der Waals surface area contributed by atoms with Crippen LogP contribution in [0.1, 0.15) is 27.8 Å². The van der Waals surface area contributed by atoms with Gasteiger partial charge in [-0.05, 0) is 37.3 Å². The monoisotopic (exact) mass is 276 g/mol. The van der Waals surface area contributed by atoms with E-state index in [2.05, 4.69) is 5.32 Å². The molecule has 0 bridgehead atoms. The summed E-state index contributed by atoms with van der Waals surface area (Å²) in [4.78, 5) is 22.9. The molecule has 1 aromatic heterocycles. The van der Waals surface area contributed by atoms with Crippen molar-refractivity contribution in [3.63, 3.8) is 0 Å². The van der Waals surface area contributed by atoms with Gasteiger partial charge in [-0.2, -0.15) is 0 Å². The molecule has 0 aliphatic carbocycles. The number of aryl methyl sites for hydroxylation is 1. The lowest BCUT2D eigenvalue weighted by Gasteiger charge is -2.09. The summed E-state index contributed by atoms with van der Waals surface area (Å²) in [6.07, 6.45) is 1.74. The first-order valence-electron chi connectivity index (χ1n) is 6.02. The topological polar surface area (TPSA) is 71.3 Å². The number of nitrogens with zero attached hydrogens (tertiary/aromatic N) is 1. The first-order valence-corrected chi connectivity index (χ1v) is 6.02. The van der Waals surface area contributed by atoms with Crippen LogP contribution in [-0.4, -0.2) is 21.6 Å². The fourth-order valence-electron chi connectivity index (χ4n) is 1.84. The Morgan fingerprint density at radius 3 is 2.75 bits per heavy atom. The van der Waals surface area contributed by atoms with Crippen molar-refractivity contribution in [3.8, 4) is 0 Å². The molecule has 0 radical (unpaired) electrons. The second kappa shape index (κ2) is 5.56. The Balaban J connectivity index is 2.28. The Morgan fingerprint density at radius 1 is 1.35 bits per heavy atom. The van der Waals surface area contributed by atoms with E-state index in [1.165, 1.54) is 0 Å². The van der Waals surface area contributed by atoms with E-state index in [1.54, 1.807) is 22.9 Å². The smallest absolute Gasteiger partial charge is 0.335 e. The zero-order chi connectivity index (χ0) is 14.7. The van der Waals surface area contributed by atoms with Crippen LogP contribution in [0.5, 0.6) is 0 Å². The van der Waals surface area contributed by atoms with Gasteiger partial charge in [0, 0.05) is 12.7 Å². The van der Waals surface area contributed by atoms with Crippen LogP contribution in [0, 0.1) is 5.82 Å². The lowest BCUT2D eigenvalue weighted by atomic mass is 10.2. The highest BCUT2D eigenvalue weighted by molar-refractivity contribution is 6.03. The van der Waals surface area contributed by atoms with Gasteiger partial charge in [-0.15, -0.1) is 0 Å². The van der Waals surface area contributed by atoms with E-state index < -0.39 is 17.7 Å². The van der Waals surface area contributed by atoms with Crippen molar-refractivity contribution in [1.29, 1.82) is 0 Å². The molecule has 6 heteroatoms. The van der Waals surface area contributed by atoms with Crippen molar-refractivity contribution in [1.82, 2.24) is 4.57 Å². The van der Waals surface area contributed by atoms with Crippen molar-refractivity contribution in [2.24, 2.45) is 0 Å². The molecular formula is C14H13FN2O3. The molecule has 1 heterocycles. The second-order valence-electron chi connectivity index (χ2n) is 4.13. The first-order chi connectivity index (χ1) is 9.52. The molecule has 0 aliphatic heterocycles. The highest BCUT2D eigenvalue weighted by atomic mass is 19.1. The minimum absolute atomic E-state index is 0.0902. The number of rotatable bonds is 4. The SMILES string of the molecule is CCn1cccc1C(=O)Nc1cc(C(=O)O)ccc1F. The summed E-state index contributed by atoms with van der Waals surface area (Å²) in [6, 6.07) is 6.56. The van der Waals surface area contributed by atoms with Gasteiger partial charge in [0.05, 0.1) is 11.3 Å². The van der Waals surface area contributed by atoms with E-state index in [4.69, 9.17) is 5.11 Å². The highest BCUT2D eigenvalue weighted by Gasteiger charge is 2.14. The maximum Gasteiger partial charge on any atom is 0.335 e. The van der Waals surface area contributed by atoms with Crippen LogP contribution >= 0.6 is 0 Å². The maximum absolute atomic E-state index is 13.6. The van der Waals surface area contributed by atoms with Crippen molar-refractivity contribution >= 4 is 17.6 Å². The van der Waals surface area contributed by atoms with Gasteiger partial charge in [0.15, 0.2) is 0 Å². The molecule has 0 fully saturated rings. The van der Waals surface area contributed by atoms with Gasteiger partial charge in [-0.25, -0.2) is 9.18 Å². The average Bonchev–Trinajstić information content (AvgIpc) is 2.89. The van der Waals surface area contributed by atoms with Gasteiger partial charge in [-0.3, -0.25) is 4.79 Å². The number of aromatic carboxylic acids is 1. The molecule has 1 aromatic carbocycles. The van der Waals surface area contributed by atoms with Crippen LogP contribution in [0.4, 0.5) is 10.1 Å². The summed E-state index contributed by atoms with van der Waals surface area (Å²) in [5.41, 5.74) is 0.138. The molecule has 104 valence electrons. The number of benzene rings is 1. The Morgan fingerprint density at radius 2 is 2.10 bits per heavy atom. The van der Waals surface area contributed by atoms with Gasteiger partial charge in [0.1, 0.15) is 11.5 Å². The summed E-state index contributed by atoms with van der Waals surface area (Å²) in [5, 5.41) is 11.2. The summed E-state index contributed by atoms with van der Waals surface area (Å²) in [6.45, 7) is 2.48. The predicted molar refractivity (Wildman–Crippen MR) is 71.4 cm³/mol. The van der Waals surface area contributed by atoms with E-state index in [-0.39, 0.29) is 11.3 Å². The first kappa shape index (κ1) is 13.8. The van der Waals surface area contributed by atoms with Gasteiger partial charge in [0.25, 0.3) is 5.91 Å². The van der Waals surface area contributed by atoms with Crippen LogP contribution in [-0.2, 0) is 6.54 Å². The number of halogens is 1. The van der Waals surface area contributed by atoms with Crippen LogP contribution < -0.4 is 5.32 Å². The molecule has 2 aromatic rings. The van der Waals surface area contributed by atoms with Gasteiger partial charge in [0.2, 0.25) is 0 Å². The van der Waals surface area contributed by atoms with Crippen LogP contribution in [0.2, 0.25) is 0 Å². The number of amides is 1. The average molecular weight is 276 g/mol.